The highest BCUT2D eigenvalue weighted by atomic mass is 16.5. The van der Waals surface area contributed by atoms with E-state index in [4.69, 9.17) is 15.6 Å². The van der Waals surface area contributed by atoms with Gasteiger partial charge in [-0.2, -0.15) is 0 Å². The first-order valence-electron chi connectivity index (χ1n) is 6.39. The van der Waals surface area contributed by atoms with Crippen LogP contribution in [0.5, 0.6) is 5.75 Å². The molecule has 104 valence electrons. The number of hydrogen-bond donors (Lipinski definition) is 2. The summed E-state index contributed by atoms with van der Waals surface area (Å²) >= 11 is 0. The van der Waals surface area contributed by atoms with Gasteiger partial charge in [0.05, 0.1) is 18.7 Å². The van der Waals surface area contributed by atoms with Crippen molar-refractivity contribution in [3.05, 3.63) is 23.8 Å². The Morgan fingerprint density at radius 1 is 1.53 bits per heavy atom. The van der Waals surface area contributed by atoms with Crippen LogP contribution in [-0.2, 0) is 10.3 Å². The molecule has 0 aromatic heterocycles. The Bertz CT molecular complexity index is 486. The quantitative estimate of drug-likeness (QED) is 0.853. The van der Waals surface area contributed by atoms with Crippen LogP contribution >= 0.6 is 0 Å². The van der Waals surface area contributed by atoms with Gasteiger partial charge in [0, 0.05) is 19.2 Å². The third-order valence-corrected chi connectivity index (χ3v) is 3.56. The minimum absolute atomic E-state index is 0.0232. The van der Waals surface area contributed by atoms with Gasteiger partial charge in [0.1, 0.15) is 5.75 Å². The van der Waals surface area contributed by atoms with Crippen LogP contribution in [0, 0.1) is 0 Å². The number of aliphatic hydroxyl groups is 1. The first-order chi connectivity index (χ1) is 8.95. The number of nitrogens with two attached hydrogens (primary N) is 1. The minimum Gasteiger partial charge on any atom is -0.491 e. The minimum atomic E-state index is -0.625. The smallest absolute Gasteiger partial charge is 0.230 e. The van der Waals surface area contributed by atoms with Gasteiger partial charge in [0.25, 0.3) is 0 Å². The molecule has 1 atom stereocenters. The lowest BCUT2D eigenvalue weighted by Crippen LogP contribution is -2.34. The molecule has 19 heavy (non-hydrogen) atoms. The second-order valence-electron chi connectivity index (χ2n) is 5.12. The van der Waals surface area contributed by atoms with Crippen molar-refractivity contribution >= 4 is 11.6 Å². The molecule has 0 fully saturated rings. The third-order valence-electron chi connectivity index (χ3n) is 3.56. The summed E-state index contributed by atoms with van der Waals surface area (Å²) in [5.41, 5.74) is 7.18. The molecule has 1 aliphatic heterocycles. The fraction of sp³-hybridized carbons (Fsp3) is 0.500. The van der Waals surface area contributed by atoms with Gasteiger partial charge in [-0.25, -0.2) is 0 Å². The van der Waals surface area contributed by atoms with Crippen LogP contribution in [0.1, 0.15) is 25.3 Å². The summed E-state index contributed by atoms with van der Waals surface area (Å²) in [4.78, 5) is 13.4. The van der Waals surface area contributed by atoms with Crippen LogP contribution < -0.4 is 15.4 Å². The summed E-state index contributed by atoms with van der Waals surface area (Å²) in [7, 11) is 1.74. The normalized spacial score (nSPS) is 18.3. The zero-order valence-electron chi connectivity index (χ0n) is 11.3. The molecular weight excluding hydrogens is 244 g/mol. The average Bonchev–Trinajstić information content (AvgIpc) is 2.50. The van der Waals surface area contributed by atoms with Crippen molar-refractivity contribution in [1.82, 2.24) is 0 Å². The van der Waals surface area contributed by atoms with E-state index >= 15 is 0 Å². The van der Waals surface area contributed by atoms with E-state index in [0.717, 1.165) is 11.3 Å². The molecule has 2 rings (SSSR count). The number of aliphatic hydroxyl groups excluding tert-OH is 1. The molecule has 5 heteroatoms. The van der Waals surface area contributed by atoms with Gasteiger partial charge in [0.15, 0.2) is 0 Å². The maximum atomic E-state index is 11.8. The Kier molecular flexibility index (Phi) is 3.78. The van der Waals surface area contributed by atoms with Gasteiger partial charge in [0.2, 0.25) is 5.91 Å². The van der Waals surface area contributed by atoms with Crippen LogP contribution in [0.4, 0.5) is 5.69 Å². The molecule has 5 nitrogen and oxygen atoms in total. The van der Waals surface area contributed by atoms with Crippen LogP contribution in [0.25, 0.3) is 0 Å². The second-order valence-corrected chi connectivity index (χ2v) is 5.12. The van der Waals surface area contributed by atoms with Crippen molar-refractivity contribution in [1.29, 1.82) is 0 Å². The fourth-order valence-electron chi connectivity index (χ4n) is 2.18. The fourth-order valence-corrected chi connectivity index (χ4v) is 2.18. The van der Waals surface area contributed by atoms with Crippen molar-refractivity contribution in [3.8, 4) is 5.75 Å². The number of amides is 1. The molecule has 0 saturated carbocycles. The van der Waals surface area contributed by atoms with Gasteiger partial charge in [-0.15, -0.1) is 0 Å². The number of benzene rings is 1. The van der Waals surface area contributed by atoms with E-state index < -0.39 is 5.54 Å². The lowest BCUT2D eigenvalue weighted by Gasteiger charge is -2.26. The topological polar surface area (TPSA) is 75.8 Å². The summed E-state index contributed by atoms with van der Waals surface area (Å²) in [5, 5.41) is 9.07. The van der Waals surface area contributed by atoms with Crippen LogP contribution in [0.15, 0.2) is 18.2 Å². The number of anilines is 1. The van der Waals surface area contributed by atoms with Crippen LogP contribution in [0.3, 0.4) is 0 Å². The first kappa shape index (κ1) is 13.8. The van der Waals surface area contributed by atoms with Gasteiger partial charge in [-0.05, 0) is 31.0 Å². The molecule has 0 spiro atoms. The zero-order chi connectivity index (χ0) is 14.0. The molecule has 1 aliphatic rings. The number of nitrogens with zero attached hydrogens (tertiary/aromatic N) is 1. The van der Waals surface area contributed by atoms with Crippen molar-refractivity contribution < 1.29 is 14.6 Å². The Balaban J connectivity index is 2.42. The molecule has 1 aromatic carbocycles. The maximum Gasteiger partial charge on any atom is 0.230 e. The van der Waals surface area contributed by atoms with E-state index in [1.165, 1.54) is 0 Å². The number of fused-ring (bicyclic) bond motifs is 1. The summed E-state index contributed by atoms with van der Waals surface area (Å²) in [6.07, 6.45) is 0.835. The van der Waals surface area contributed by atoms with E-state index in [1.54, 1.807) is 11.9 Å². The van der Waals surface area contributed by atoms with E-state index in [1.807, 2.05) is 25.1 Å². The Labute approximate surface area is 113 Å². The predicted octanol–water partition coefficient (Wildman–Crippen LogP) is 0.988. The third kappa shape index (κ3) is 2.72. The van der Waals surface area contributed by atoms with Crippen LogP contribution in [-0.4, -0.2) is 31.3 Å². The predicted molar refractivity (Wildman–Crippen MR) is 73.2 cm³/mol. The summed E-state index contributed by atoms with van der Waals surface area (Å²) < 4.78 is 5.56. The van der Waals surface area contributed by atoms with E-state index in [2.05, 4.69) is 0 Å². The zero-order valence-corrected chi connectivity index (χ0v) is 11.3. The second kappa shape index (κ2) is 5.19. The number of carbonyl (C=O) groups is 1. The van der Waals surface area contributed by atoms with E-state index in [9.17, 15) is 4.79 Å². The van der Waals surface area contributed by atoms with E-state index in [0.29, 0.717) is 25.2 Å². The van der Waals surface area contributed by atoms with Gasteiger partial charge in [-0.1, -0.05) is 6.07 Å². The summed E-state index contributed by atoms with van der Waals surface area (Å²) in [6.45, 7) is 2.28. The van der Waals surface area contributed by atoms with Crippen molar-refractivity contribution in [2.75, 3.05) is 25.2 Å². The SMILES string of the molecule is CN1C(=O)CCOc2ccc(C(C)(N)CCO)cc21. The molecule has 3 N–H and O–H groups in total. The van der Waals surface area contributed by atoms with Gasteiger partial charge < -0.3 is 20.5 Å². The monoisotopic (exact) mass is 264 g/mol. The van der Waals surface area contributed by atoms with Gasteiger partial charge >= 0.3 is 0 Å². The number of rotatable bonds is 3. The van der Waals surface area contributed by atoms with Crippen molar-refractivity contribution in [3.63, 3.8) is 0 Å². The summed E-state index contributed by atoms with van der Waals surface area (Å²) in [5.74, 6) is 0.716. The van der Waals surface area contributed by atoms with Crippen molar-refractivity contribution in [2.45, 2.75) is 25.3 Å². The lowest BCUT2D eigenvalue weighted by molar-refractivity contribution is -0.118. The number of ether oxygens (including phenoxy) is 1. The molecule has 0 aliphatic carbocycles. The molecular formula is C14H20N2O3. The number of carbonyl (C=O) groups excluding carboxylic acids is 1. The van der Waals surface area contributed by atoms with E-state index in [-0.39, 0.29) is 12.5 Å². The molecule has 0 radical (unpaired) electrons. The Morgan fingerprint density at radius 2 is 2.26 bits per heavy atom. The highest BCUT2D eigenvalue weighted by Crippen LogP contribution is 2.34. The Morgan fingerprint density at radius 3 is 2.95 bits per heavy atom. The number of hydrogen-bond acceptors (Lipinski definition) is 4. The molecule has 0 bridgehead atoms. The summed E-state index contributed by atoms with van der Waals surface area (Å²) in [6, 6.07) is 5.59. The average molecular weight is 264 g/mol. The molecule has 1 heterocycles. The molecule has 1 aromatic rings. The Hall–Kier alpha value is -1.59. The largest absolute Gasteiger partial charge is 0.491 e. The highest BCUT2D eigenvalue weighted by molar-refractivity contribution is 5.95. The molecule has 0 saturated heterocycles. The molecule has 1 unspecified atom stereocenters. The standard InChI is InChI=1S/C14H20N2O3/c1-14(15,6-7-17)10-3-4-12-11(9-10)16(2)13(18)5-8-19-12/h3-4,9,17H,5-8,15H2,1-2H3. The lowest BCUT2D eigenvalue weighted by atomic mass is 9.89. The van der Waals surface area contributed by atoms with Crippen LogP contribution in [0.2, 0.25) is 0 Å². The van der Waals surface area contributed by atoms with Gasteiger partial charge in [-0.3, -0.25) is 4.79 Å². The molecule has 1 amide bonds. The van der Waals surface area contributed by atoms with Crippen molar-refractivity contribution in [2.24, 2.45) is 5.73 Å². The first-order valence-corrected chi connectivity index (χ1v) is 6.39. The highest BCUT2D eigenvalue weighted by Gasteiger charge is 2.25. The maximum absolute atomic E-state index is 11.8.